The molecule has 3 rings (SSSR count). The van der Waals surface area contributed by atoms with Crippen molar-refractivity contribution in [2.45, 2.75) is 77.7 Å². The van der Waals surface area contributed by atoms with E-state index in [1.165, 1.54) is 0 Å². The largest absolute Gasteiger partial charge is 0.481 e. The van der Waals surface area contributed by atoms with Crippen molar-refractivity contribution in [3.8, 4) is 0 Å². The number of aliphatic carboxylic acids is 1. The maximum Gasteiger partial charge on any atom is 0.412 e. The van der Waals surface area contributed by atoms with E-state index in [-0.39, 0.29) is 11.3 Å². The number of carboxylic acid groups (broad SMARTS) is 1. The molecule has 2 aliphatic rings. The number of carboxylic acids is 1. The molecule has 0 bridgehead atoms. The number of hydrogen-bond donors (Lipinski definition) is 1. The molecule has 1 aliphatic heterocycles. The van der Waals surface area contributed by atoms with Gasteiger partial charge in [-0.15, -0.1) is 0 Å². The molecular formula is C23H33NO5. The van der Waals surface area contributed by atoms with Gasteiger partial charge >= 0.3 is 12.1 Å². The van der Waals surface area contributed by atoms with Gasteiger partial charge in [0.1, 0.15) is 11.8 Å². The van der Waals surface area contributed by atoms with Gasteiger partial charge in [0.15, 0.2) is 0 Å². The van der Waals surface area contributed by atoms with Crippen LogP contribution in [-0.4, -0.2) is 46.0 Å². The molecule has 1 saturated heterocycles. The lowest BCUT2D eigenvalue weighted by atomic mass is 9.81. The highest BCUT2D eigenvalue weighted by Gasteiger charge is 2.53. The maximum absolute atomic E-state index is 13.2. The van der Waals surface area contributed by atoms with Crippen molar-refractivity contribution in [1.82, 2.24) is 4.90 Å². The van der Waals surface area contributed by atoms with Crippen LogP contribution in [0.4, 0.5) is 4.79 Å². The Kier molecular flexibility index (Phi) is 5.45. The number of carbonyl (C=O) groups is 2. The molecule has 160 valence electrons. The molecule has 2 fully saturated rings. The van der Waals surface area contributed by atoms with Crippen LogP contribution in [0.25, 0.3) is 0 Å². The van der Waals surface area contributed by atoms with Gasteiger partial charge in [0.05, 0.1) is 18.1 Å². The fourth-order valence-corrected chi connectivity index (χ4v) is 5.10. The predicted octanol–water partition coefficient (Wildman–Crippen LogP) is 4.64. The van der Waals surface area contributed by atoms with E-state index in [9.17, 15) is 14.7 Å². The Morgan fingerprint density at radius 1 is 1.10 bits per heavy atom. The van der Waals surface area contributed by atoms with Gasteiger partial charge in [-0.1, -0.05) is 44.2 Å². The molecule has 1 amide bonds. The molecule has 6 nitrogen and oxygen atoms in total. The Morgan fingerprint density at radius 2 is 1.72 bits per heavy atom. The number of rotatable bonds is 4. The smallest absolute Gasteiger partial charge is 0.412 e. The van der Waals surface area contributed by atoms with Crippen molar-refractivity contribution >= 4 is 12.1 Å². The van der Waals surface area contributed by atoms with Crippen LogP contribution in [0.3, 0.4) is 0 Å². The summed E-state index contributed by atoms with van der Waals surface area (Å²) in [5.41, 5.74) is -0.620. The van der Waals surface area contributed by atoms with Gasteiger partial charge in [-0.3, -0.25) is 9.69 Å². The second kappa shape index (κ2) is 7.31. The third-order valence-corrected chi connectivity index (χ3v) is 6.23. The highest BCUT2D eigenvalue weighted by atomic mass is 16.6. The minimum atomic E-state index is -0.884. The zero-order chi connectivity index (χ0) is 21.6. The quantitative estimate of drug-likeness (QED) is 0.792. The van der Waals surface area contributed by atoms with Gasteiger partial charge < -0.3 is 14.6 Å². The number of benzene rings is 1. The molecule has 0 aromatic heterocycles. The number of amides is 1. The second-order valence-electron chi connectivity index (χ2n) is 10.3. The fraction of sp³-hybridized carbons (Fsp3) is 0.652. The van der Waals surface area contributed by atoms with Crippen LogP contribution in [0, 0.1) is 11.3 Å². The molecule has 0 spiro atoms. The highest BCUT2D eigenvalue weighted by molar-refractivity contribution is 5.77. The molecule has 6 heteroatoms. The van der Waals surface area contributed by atoms with E-state index < -0.39 is 35.3 Å². The molecule has 29 heavy (non-hydrogen) atoms. The molecule has 0 radical (unpaired) electrons. The van der Waals surface area contributed by atoms with Gasteiger partial charge in [-0.2, -0.15) is 0 Å². The van der Waals surface area contributed by atoms with Crippen LogP contribution in [0.1, 0.15) is 65.9 Å². The molecule has 1 saturated carbocycles. The monoisotopic (exact) mass is 403 g/mol. The van der Waals surface area contributed by atoms with Crippen molar-refractivity contribution in [2.75, 3.05) is 6.61 Å². The third kappa shape index (κ3) is 4.27. The molecule has 3 atom stereocenters. The Bertz CT molecular complexity index is 755. The molecule has 1 aromatic carbocycles. The Morgan fingerprint density at radius 3 is 2.24 bits per heavy atom. The summed E-state index contributed by atoms with van der Waals surface area (Å²) in [6.07, 6.45) is 0.406. The summed E-state index contributed by atoms with van der Waals surface area (Å²) in [6.45, 7) is 12.2. The topological polar surface area (TPSA) is 76.1 Å². The Labute approximate surface area is 173 Å². The van der Waals surface area contributed by atoms with Crippen molar-refractivity contribution in [2.24, 2.45) is 11.3 Å². The number of hydrogen-bond acceptors (Lipinski definition) is 4. The third-order valence-electron chi connectivity index (χ3n) is 6.23. The lowest BCUT2D eigenvalue weighted by Crippen LogP contribution is -2.53. The first-order valence-corrected chi connectivity index (χ1v) is 10.3. The Balaban J connectivity index is 1.88. The average molecular weight is 404 g/mol. The average Bonchev–Trinajstić information content (AvgIpc) is 2.99. The molecular weight excluding hydrogens is 370 g/mol. The second-order valence-corrected chi connectivity index (χ2v) is 10.3. The van der Waals surface area contributed by atoms with Crippen LogP contribution >= 0.6 is 0 Å². The first-order valence-electron chi connectivity index (χ1n) is 10.3. The standard InChI is InChI=1S/C23H33NO5/c1-21(2)12-16(18(19(25)26)15-10-8-7-9-11-15)17(13-21)29-20(27)24-22(3,4)14-28-23(24,5)6/h7-11,16-18H,12-14H2,1-6H3,(H,25,26)/t16-,17-,18-/m1/s1. The van der Waals surface area contributed by atoms with Gasteiger partial charge in [0.2, 0.25) is 0 Å². The summed E-state index contributed by atoms with van der Waals surface area (Å²) in [7, 11) is 0. The van der Waals surface area contributed by atoms with E-state index in [2.05, 4.69) is 13.8 Å². The van der Waals surface area contributed by atoms with E-state index in [1.54, 1.807) is 4.90 Å². The van der Waals surface area contributed by atoms with Crippen LogP contribution in [-0.2, 0) is 14.3 Å². The Hall–Kier alpha value is -2.08. The summed E-state index contributed by atoms with van der Waals surface area (Å²) in [5.74, 6) is -1.89. The maximum atomic E-state index is 13.2. The lowest BCUT2D eigenvalue weighted by Gasteiger charge is -2.38. The van der Waals surface area contributed by atoms with E-state index in [0.717, 1.165) is 5.56 Å². The minimum Gasteiger partial charge on any atom is -0.481 e. The molecule has 0 unspecified atom stereocenters. The number of carbonyl (C=O) groups excluding carboxylic acids is 1. The molecule has 1 N–H and O–H groups in total. The van der Waals surface area contributed by atoms with Crippen molar-refractivity contribution in [3.05, 3.63) is 35.9 Å². The predicted molar refractivity (Wildman–Crippen MR) is 110 cm³/mol. The molecule has 1 heterocycles. The molecule has 1 aromatic rings. The van der Waals surface area contributed by atoms with Gasteiger partial charge in [0.25, 0.3) is 0 Å². The lowest BCUT2D eigenvalue weighted by molar-refractivity contribution is -0.141. The van der Waals surface area contributed by atoms with Crippen LogP contribution < -0.4 is 0 Å². The zero-order valence-corrected chi connectivity index (χ0v) is 18.3. The van der Waals surface area contributed by atoms with E-state index in [1.807, 2.05) is 58.0 Å². The summed E-state index contributed by atoms with van der Waals surface area (Å²) >= 11 is 0. The fourth-order valence-electron chi connectivity index (χ4n) is 5.10. The van der Waals surface area contributed by atoms with Crippen molar-refractivity contribution in [1.29, 1.82) is 0 Å². The van der Waals surface area contributed by atoms with Gasteiger partial charge in [-0.25, -0.2) is 4.79 Å². The highest BCUT2D eigenvalue weighted by Crippen LogP contribution is 2.49. The van der Waals surface area contributed by atoms with Crippen molar-refractivity contribution in [3.63, 3.8) is 0 Å². The van der Waals surface area contributed by atoms with Crippen molar-refractivity contribution < 1.29 is 24.2 Å². The van der Waals surface area contributed by atoms with Crippen LogP contribution in [0.15, 0.2) is 30.3 Å². The van der Waals surface area contributed by atoms with Gasteiger partial charge in [-0.05, 0) is 51.5 Å². The summed E-state index contributed by atoms with van der Waals surface area (Å²) < 4.78 is 11.8. The number of ether oxygens (including phenoxy) is 2. The normalized spacial score (nSPS) is 28.1. The van der Waals surface area contributed by atoms with E-state index in [4.69, 9.17) is 9.47 Å². The van der Waals surface area contributed by atoms with E-state index in [0.29, 0.717) is 19.4 Å². The van der Waals surface area contributed by atoms with Crippen LogP contribution in [0.5, 0.6) is 0 Å². The van der Waals surface area contributed by atoms with Crippen LogP contribution in [0.2, 0.25) is 0 Å². The van der Waals surface area contributed by atoms with Gasteiger partial charge in [0, 0.05) is 5.92 Å². The first-order chi connectivity index (χ1) is 13.3. The van der Waals surface area contributed by atoms with E-state index >= 15 is 0 Å². The summed E-state index contributed by atoms with van der Waals surface area (Å²) in [6, 6.07) is 9.24. The zero-order valence-electron chi connectivity index (χ0n) is 18.3. The minimum absolute atomic E-state index is 0.107. The summed E-state index contributed by atoms with van der Waals surface area (Å²) in [5, 5.41) is 10.0. The summed E-state index contributed by atoms with van der Waals surface area (Å²) in [4.78, 5) is 27.1. The SMILES string of the molecule is CC1(C)C[C@@H]([C@H](C(=O)O)c2ccccc2)[C@H](OC(=O)N2C(C)(C)COC2(C)C)C1. The number of nitrogens with zero attached hydrogens (tertiary/aromatic N) is 1. The molecule has 1 aliphatic carbocycles. The first kappa shape index (κ1) is 21.6.